The molecule has 0 amide bonds. The van der Waals surface area contributed by atoms with Crippen molar-refractivity contribution in [3.63, 3.8) is 0 Å². The minimum absolute atomic E-state index is 0.0832. The normalized spacial score (nSPS) is 13.2. The van der Waals surface area contributed by atoms with Gasteiger partial charge in [-0.05, 0) is 237 Å². The lowest BCUT2D eigenvalue weighted by molar-refractivity contribution is 0.569. The van der Waals surface area contributed by atoms with Gasteiger partial charge in [-0.25, -0.2) is 0 Å². The lowest BCUT2D eigenvalue weighted by Gasteiger charge is -2.45. The van der Waals surface area contributed by atoms with Crippen molar-refractivity contribution in [2.75, 3.05) is 9.80 Å². The predicted molar refractivity (Wildman–Crippen MR) is 524 cm³/mol. The van der Waals surface area contributed by atoms with Crippen molar-refractivity contribution in [3.8, 4) is 72.7 Å². The summed E-state index contributed by atoms with van der Waals surface area (Å²) < 4.78 is 7.64. The van der Waals surface area contributed by atoms with Crippen LogP contribution in [0.4, 0.5) is 34.1 Å². The second-order valence-electron chi connectivity index (χ2n) is 39.4. The molecule has 0 radical (unpaired) electrons. The number of fused-ring (bicyclic) bond motifs is 13. The summed E-state index contributed by atoms with van der Waals surface area (Å²) in [6.45, 7) is 35.0. The van der Waals surface area contributed by atoms with Crippen LogP contribution in [0.5, 0.6) is 0 Å². The molecular weight excluding hydrogens is 1470 g/mol. The van der Waals surface area contributed by atoms with E-state index in [2.05, 4.69) is 473 Å². The number of benzene rings is 16. The Morgan fingerprint density at radius 2 is 0.541 bits per heavy atom. The molecule has 0 unspecified atom stereocenters. The molecule has 0 N–H and O–H groups in total. The highest BCUT2D eigenvalue weighted by Crippen LogP contribution is 2.55. The Bertz CT molecular complexity index is 7170. The zero-order valence-corrected chi connectivity index (χ0v) is 72.7. The standard InChI is InChI=1S/C116H102BN5/c1-112(2,3)81-49-55-103-95(65-81)96-66-82(113(4,5)6)50-56-104(96)119(103)87-51-54-99-107(70-87)122(111-93(75-38-24-18-25-39-75)67-85(116(13,14)15)68-94(111)76-40-26-19-27-41-76)109-72-89(120-102-47-33-30-44-92(102)97-69-86(52-57-105(97)120)118-100-45-31-28-42-90(100)91-43-29-32-46-101(91)118)71-108-110(109)117(99)98-53-48-77(80-59-83(114(7,8)9)64-84(60-80)115(10,11)12)63-106(98)121(108)88-61-78(73-34-20-16-21-35-73)58-79(62-88)74-36-22-17-23-37-74/h16-72H,1-15H3. The molecule has 19 aromatic rings. The molecule has 594 valence electrons. The quantitative estimate of drug-likeness (QED) is 0.127. The molecule has 0 fully saturated rings. The average Bonchev–Trinajstić information content (AvgIpc) is 0.767. The lowest BCUT2D eigenvalue weighted by atomic mass is 9.33. The molecule has 2 aliphatic heterocycles. The van der Waals surface area contributed by atoms with Gasteiger partial charge in [-0.15, -0.1) is 0 Å². The van der Waals surface area contributed by atoms with Gasteiger partial charge in [0.15, 0.2) is 0 Å². The van der Waals surface area contributed by atoms with Crippen LogP contribution in [0.1, 0.15) is 132 Å². The van der Waals surface area contributed by atoms with E-state index in [4.69, 9.17) is 0 Å². The number of nitrogens with zero attached hydrogens (tertiary/aromatic N) is 5. The van der Waals surface area contributed by atoms with Crippen LogP contribution in [0.3, 0.4) is 0 Å². The number of hydrogen-bond acceptors (Lipinski definition) is 2. The summed E-state index contributed by atoms with van der Waals surface area (Å²) in [6.07, 6.45) is 0. The van der Waals surface area contributed by atoms with Gasteiger partial charge in [0, 0.05) is 83.3 Å². The van der Waals surface area contributed by atoms with E-state index < -0.39 is 0 Å². The maximum absolute atomic E-state index is 2.76. The van der Waals surface area contributed by atoms with Crippen LogP contribution in [0, 0.1) is 0 Å². The Morgan fingerprint density at radius 3 is 1.01 bits per heavy atom. The van der Waals surface area contributed by atoms with Crippen LogP contribution in [-0.2, 0) is 27.1 Å². The van der Waals surface area contributed by atoms with Crippen LogP contribution in [-0.4, -0.2) is 20.4 Å². The van der Waals surface area contributed by atoms with Crippen molar-refractivity contribution in [1.29, 1.82) is 0 Å². The van der Waals surface area contributed by atoms with E-state index in [0.717, 1.165) is 112 Å². The Kier molecular flexibility index (Phi) is 17.5. The van der Waals surface area contributed by atoms with Crippen LogP contribution in [0.25, 0.3) is 138 Å². The molecule has 0 saturated carbocycles. The second-order valence-corrected chi connectivity index (χ2v) is 39.4. The highest BCUT2D eigenvalue weighted by molar-refractivity contribution is 7.00. The number of aromatic nitrogens is 3. The van der Waals surface area contributed by atoms with E-state index in [1.807, 2.05) is 0 Å². The van der Waals surface area contributed by atoms with Gasteiger partial charge in [0.05, 0.1) is 44.5 Å². The third-order valence-corrected chi connectivity index (χ3v) is 26.3. The molecule has 2 aliphatic rings. The molecule has 122 heavy (non-hydrogen) atoms. The van der Waals surface area contributed by atoms with E-state index in [9.17, 15) is 0 Å². The van der Waals surface area contributed by atoms with Crippen LogP contribution in [0.15, 0.2) is 346 Å². The van der Waals surface area contributed by atoms with Crippen molar-refractivity contribution in [2.24, 2.45) is 0 Å². The van der Waals surface area contributed by atoms with Crippen molar-refractivity contribution in [3.05, 3.63) is 374 Å². The Hall–Kier alpha value is -13.4. The maximum atomic E-state index is 2.76. The summed E-state index contributed by atoms with van der Waals surface area (Å²) >= 11 is 0. The van der Waals surface area contributed by atoms with Gasteiger partial charge in [-0.1, -0.05) is 328 Å². The highest BCUT2D eigenvalue weighted by atomic mass is 15.2. The number of rotatable bonds is 10. The monoisotopic (exact) mass is 1580 g/mol. The fourth-order valence-corrected chi connectivity index (χ4v) is 19.7. The van der Waals surface area contributed by atoms with Gasteiger partial charge in [0.2, 0.25) is 0 Å². The zero-order chi connectivity index (χ0) is 83.8. The molecule has 21 rings (SSSR count). The second kappa shape index (κ2) is 28.1. The van der Waals surface area contributed by atoms with E-state index in [1.54, 1.807) is 0 Å². The summed E-state index contributed by atoms with van der Waals surface area (Å²) in [4.78, 5) is 5.45. The van der Waals surface area contributed by atoms with E-state index in [1.165, 1.54) is 104 Å². The Labute approximate surface area is 718 Å². The summed E-state index contributed by atoms with van der Waals surface area (Å²) in [5.41, 5.74) is 37.8. The van der Waals surface area contributed by atoms with Crippen molar-refractivity contribution >= 4 is 123 Å². The largest absolute Gasteiger partial charge is 0.311 e. The molecule has 0 atom stereocenters. The van der Waals surface area contributed by atoms with Crippen LogP contribution >= 0.6 is 0 Å². The molecule has 16 aromatic carbocycles. The Balaban J connectivity index is 0.946. The van der Waals surface area contributed by atoms with Gasteiger partial charge >= 0.3 is 0 Å². The molecule has 6 heteroatoms. The topological polar surface area (TPSA) is 21.3 Å². The van der Waals surface area contributed by atoms with Crippen molar-refractivity contribution < 1.29 is 0 Å². The predicted octanol–water partition coefficient (Wildman–Crippen LogP) is 29.9. The minimum Gasteiger partial charge on any atom is -0.311 e. The fraction of sp³-hybridized carbons (Fsp3) is 0.172. The number of hydrogen-bond donors (Lipinski definition) is 0. The van der Waals surface area contributed by atoms with Gasteiger partial charge in [0.25, 0.3) is 6.71 Å². The molecule has 0 spiro atoms. The van der Waals surface area contributed by atoms with Gasteiger partial charge in [-0.3, -0.25) is 0 Å². The average molecular weight is 1580 g/mol. The van der Waals surface area contributed by atoms with E-state index in [-0.39, 0.29) is 33.8 Å². The zero-order valence-electron chi connectivity index (χ0n) is 72.7. The molecule has 0 saturated heterocycles. The molecule has 5 heterocycles. The molecule has 0 bridgehead atoms. The Morgan fingerprint density at radius 1 is 0.197 bits per heavy atom. The summed E-state index contributed by atoms with van der Waals surface area (Å²) in [5, 5.41) is 7.32. The van der Waals surface area contributed by atoms with Gasteiger partial charge in [-0.2, -0.15) is 0 Å². The van der Waals surface area contributed by atoms with Gasteiger partial charge in [0.1, 0.15) is 0 Å². The first-order valence-electron chi connectivity index (χ1n) is 43.6. The fourth-order valence-electron chi connectivity index (χ4n) is 19.7. The number of para-hydroxylation sites is 3. The third kappa shape index (κ3) is 12.6. The van der Waals surface area contributed by atoms with Crippen LogP contribution < -0.4 is 26.2 Å². The molecule has 3 aromatic heterocycles. The third-order valence-electron chi connectivity index (χ3n) is 26.3. The number of anilines is 6. The molecular formula is C116H102BN5. The summed E-state index contributed by atoms with van der Waals surface area (Å²) in [5.74, 6) is 0. The first kappa shape index (κ1) is 76.0. The smallest absolute Gasteiger partial charge is 0.252 e. The maximum Gasteiger partial charge on any atom is 0.252 e. The highest BCUT2D eigenvalue weighted by Gasteiger charge is 2.46. The minimum atomic E-state index is -0.297. The van der Waals surface area contributed by atoms with Crippen molar-refractivity contribution in [2.45, 2.75) is 131 Å². The van der Waals surface area contributed by atoms with Crippen LogP contribution in [0.2, 0.25) is 0 Å². The summed E-state index contributed by atoms with van der Waals surface area (Å²) in [7, 11) is 0. The SMILES string of the molecule is CC(C)(C)c1cc(-c2ccc3c(c2)N(c2cc(-c4ccccc4)cc(-c4ccccc4)c2)c2cc(-n4c5ccccc5c5cc(-n6c7ccccc7c7ccccc76)ccc54)cc4c2B3c2ccc(-n3c5ccc(C(C)(C)C)cc5c5cc(C(C)(C)C)ccc53)cc2N4c2c(-c3ccccc3)cc(C(C)(C)C)cc2-c2ccccc2)cc(C(C)(C)C)c1. The van der Waals surface area contributed by atoms with Crippen molar-refractivity contribution in [1.82, 2.24) is 13.7 Å². The van der Waals surface area contributed by atoms with E-state index >= 15 is 0 Å². The molecule has 5 nitrogen and oxygen atoms in total. The lowest BCUT2D eigenvalue weighted by Crippen LogP contribution is -2.61. The van der Waals surface area contributed by atoms with E-state index in [0.29, 0.717) is 0 Å². The molecule has 0 aliphatic carbocycles. The van der Waals surface area contributed by atoms with Gasteiger partial charge < -0.3 is 23.5 Å². The summed E-state index contributed by atoms with van der Waals surface area (Å²) in [6, 6.07) is 133. The first-order valence-corrected chi connectivity index (χ1v) is 43.6. The first-order chi connectivity index (χ1) is 58.7.